The van der Waals surface area contributed by atoms with Crippen molar-refractivity contribution in [3.63, 3.8) is 0 Å². The van der Waals surface area contributed by atoms with Crippen LogP contribution in [0.2, 0.25) is 5.02 Å². The minimum absolute atomic E-state index is 0.0563. The van der Waals surface area contributed by atoms with Gasteiger partial charge in [-0.05, 0) is 42.5 Å². The van der Waals surface area contributed by atoms with Crippen LogP contribution < -0.4 is 19.8 Å². The average Bonchev–Trinajstić information content (AvgIpc) is 2.86. The van der Waals surface area contributed by atoms with Crippen molar-refractivity contribution in [2.75, 3.05) is 27.1 Å². The van der Waals surface area contributed by atoms with E-state index in [1.165, 1.54) is 30.5 Å². The summed E-state index contributed by atoms with van der Waals surface area (Å²) >= 11 is 7.34. The first-order chi connectivity index (χ1) is 16.5. The number of nitrogens with zero attached hydrogens (tertiary/aromatic N) is 2. The highest BCUT2D eigenvalue weighted by Crippen LogP contribution is 2.31. The van der Waals surface area contributed by atoms with Crippen molar-refractivity contribution < 1.29 is 19.0 Å². The topological polar surface area (TPSA) is 79.7 Å². The standard InChI is InChI=1S/C25H21ClN2O5S/c1-31-21-10-8-15(12-18(21)26)20(29)14-34-25-27-19-7-5-4-6-17(19)24(30)28(25)16-9-11-22(32-2)23(13-16)33-3/h4-13H,14H2,1-3H3. The third kappa shape index (κ3) is 4.60. The summed E-state index contributed by atoms with van der Waals surface area (Å²) in [7, 11) is 4.58. The molecule has 1 heterocycles. The van der Waals surface area contributed by atoms with Crippen LogP contribution in [0.3, 0.4) is 0 Å². The van der Waals surface area contributed by atoms with Crippen molar-refractivity contribution in [3.05, 3.63) is 81.6 Å². The SMILES string of the molecule is COc1ccc(C(=O)CSc2nc3ccccc3c(=O)n2-c2ccc(OC)c(OC)c2)cc1Cl. The van der Waals surface area contributed by atoms with Crippen LogP contribution in [0.25, 0.3) is 16.6 Å². The monoisotopic (exact) mass is 496 g/mol. The van der Waals surface area contributed by atoms with Crippen molar-refractivity contribution in [2.45, 2.75) is 5.16 Å². The molecule has 0 bridgehead atoms. The van der Waals surface area contributed by atoms with Crippen molar-refractivity contribution in [1.82, 2.24) is 9.55 Å². The lowest BCUT2D eigenvalue weighted by molar-refractivity contribution is 0.102. The van der Waals surface area contributed by atoms with E-state index >= 15 is 0 Å². The third-order valence-corrected chi connectivity index (χ3v) is 6.41. The lowest BCUT2D eigenvalue weighted by Gasteiger charge is -2.15. The number of carbonyl (C=O) groups is 1. The second-order valence-corrected chi connectivity index (χ2v) is 8.50. The Morgan fingerprint density at radius 3 is 2.35 bits per heavy atom. The summed E-state index contributed by atoms with van der Waals surface area (Å²) in [6.07, 6.45) is 0. The van der Waals surface area contributed by atoms with Gasteiger partial charge in [-0.2, -0.15) is 0 Å². The zero-order valence-electron chi connectivity index (χ0n) is 18.7. The molecular formula is C25H21ClN2O5S. The van der Waals surface area contributed by atoms with E-state index in [4.69, 9.17) is 25.8 Å². The highest BCUT2D eigenvalue weighted by atomic mass is 35.5. The molecule has 0 aliphatic rings. The maximum absolute atomic E-state index is 13.5. The number of carbonyl (C=O) groups excluding carboxylic acids is 1. The van der Waals surface area contributed by atoms with Crippen LogP contribution in [-0.2, 0) is 0 Å². The molecule has 9 heteroatoms. The van der Waals surface area contributed by atoms with E-state index in [1.807, 2.05) is 6.07 Å². The first-order valence-corrected chi connectivity index (χ1v) is 11.6. The number of thioether (sulfide) groups is 1. The second kappa shape index (κ2) is 10.2. The van der Waals surface area contributed by atoms with Gasteiger partial charge in [0.05, 0.1) is 48.7 Å². The molecule has 0 N–H and O–H groups in total. The molecule has 0 saturated carbocycles. The molecule has 0 aliphatic carbocycles. The normalized spacial score (nSPS) is 10.8. The number of ether oxygens (including phenoxy) is 3. The first kappa shape index (κ1) is 23.7. The number of fused-ring (bicyclic) bond motifs is 1. The fraction of sp³-hybridized carbons (Fsp3) is 0.160. The van der Waals surface area contributed by atoms with Crippen molar-refractivity contribution in [2.24, 2.45) is 0 Å². The van der Waals surface area contributed by atoms with E-state index in [0.717, 1.165) is 0 Å². The Kier molecular flexibility index (Phi) is 7.09. The predicted molar refractivity (Wildman–Crippen MR) is 134 cm³/mol. The van der Waals surface area contributed by atoms with Crippen LogP contribution in [0.4, 0.5) is 0 Å². The minimum atomic E-state index is -0.250. The molecule has 0 saturated heterocycles. The van der Waals surface area contributed by atoms with Gasteiger partial charge in [-0.1, -0.05) is 35.5 Å². The molecule has 4 aromatic rings. The van der Waals surface area contributed by atoms with Crippen LogP contribution in [0.15, 0.2) is 70.6 Å². The number of hydrogen-bond donors (Lipinski definition) is 0. The minimum Gasteiger partial charge on any atom is -0.495 e. The van der Waals surface area contributed by atoms with Gasteiger partial charge in [0.15, 0.2) is 22.4 Å². The molecule has 4 rings (SSSR count). The van der Waals surface area contributed by atoms with Gasteiger partial charge in [0, 0.05) is 11.6 Å². The molecule has 174 valence electrons. The second-order valence-electron chi connectivity index (χ2n) is 7.15. The fourth-order valence-electron chi connectivity index (χ4n) is 3.45. The average molecular weight is 497 g/mol. The Morgan fingerprint density at radius 1 is 0.941 bits per heavy atom. The maximum Gasteiger partial charge on any atom is 0.266 e. The van der Waals surface area contributed by atoms with Gasteiger partial charge in [0.2, 0.25) is 0 Å². The van der Waals surface area contributed by atoms with Crippen molar-refractivity contribution in [1.29, 1.82) is 0 Å². The van der Waals surface area contributed by atoms with E-state index < -0.39 is 0 Å². The lowest BCUT2D eigenvalue weighted by atomic mass is 10.1. The Morgan fingerprint density at radius 2 is 1.65 bits per heavy atom. The van der Waals surface area contributed by atoms with Crippen molar-refractivity contribution >= 4 is 40.0 Å². The molecular weight excluding hydrogens is 476 g/mol. The molecule has 0 aliphatic heterocycles. The number of hydrogen-bond acceptors (Lipinski definition) is 7. The highest BCUT2D eigenvalue weighted by Gasteiger charge is 2.17. The molecule has 0 unspecified atom stereocenters. The Balaban J connectivity index is 1.75. The molecule has 3 aromatic carbocycles. The lowest BCUT2D eigenvalue weighted by Crippen LogP contribution is -2.22. The van der Waals surface area contributed by atoms with Gasteiger partial charge in [0.25, 0.3) is 5.56 Å². The van der Waals surface area contributed by atoms with E-state index in [2.05, 4.69) is 4.98 Å². The molecule has 0 radical (unpaired) electrons. The molecule has 34 heavy (non-hydrogen) atoms. The number of aromatic nitrogens is 2. The van der Waals surface area contributed by atoms with Crippen molar-refractivity contribution in [3.8, 4) is 22.9 Å². The van der Waals surface area contributed by atoms with Gasteiger partial charge >= 0.3 is 0 Å². The molecule has 0 atom stereocenters. The molecule has 0 amide bonds. The molecule has 1 aromatic heterocycles. The summed E-state index contributed by atoms with van der Waals surface area (Å²) in [6, 6.07) is 17.1. The predicted octanol–water partition coefficient (Wildman–Crippen LogP) is 5.04. The van der Waals surface area contributed by atoms with Crippen LogP contribution >= 0.6 is 23.4 Å². The molecule has 0 spiro atoms. The molecule has 7 nitrogen and oxygen atoms in total. The summed E-state index contributed by atoms with van der Waals surface area (Å²) < 4.78 is 17.3. The number of benzene rings is 3. The summed E-state index contributed by atoms with van der Waals surface area (Å²) in [6.45, 7) is 0. The Bertz CT molecular complexity index is 1440. The Labute approximate surface area is 205 Å². The zero-order chi connectivity index (χ0) is 24.2. The van der Waals surface area contributed by atoms with Crippen LogP contribution in [0, 0.1) is 0 Å². The summed E-state index contributed by atoms with van der Waals surface area (Å²) in [5.41, 5.74) is 1.29. The number of Topliss-reactive ketones (excluding diaryl/α,β-unsaturated/α-hetero) is 1. The number of ketones is 1. The highest BCUT2D eigenvalue weighted by molar-refractivity contribution is 7.99. The number of methoxy groups -OCH3 is 3. The van der Waals surface area contributed by atoms with Gasteiger partial charge in [-0.3, -0.25) is 14.2 Å². The van der Waals surface area contributed by atoms with Crippen LogP contribution in [0.5, 0.6) is 17.2 Å². The van der Waals surface area contributed by atoms with E-state index in [-0.39, 0.29) is 17.1 Å². The van der Waals surface area contributed by atoms with Gasteiger partial charge < -0.3 is 14.2 Å². The largest absolute Gasteiger partial charge is 0.495 e. The Hall–Kier alpha value is -3.49. The summed E-state index contributed by atoms with van der Waals surface area (Å²) in [5.74, 6) is 1.40. The quantitative estimate of drug-likeness (QED) is 0.192. The zero-order valence-corrected chi connectivity index (χ0v) is 20.3. The van der Waals surface area contributed by atoms with E-state index in [0.29, 0.717) is 49.6 Å². The fourth-order valence-corrected chi connectivity index (χ4v) is 4.62. The summed E-state index contributed by atoms with van der Waals surface area (Å²) in [4.78, 5) is 31.0. The van der Waals surface area contributed by atoms with Gasteiger partial charge in [0.1, 0.15) is 5.75 Å². The van der Waals surface area contributed by atoms with Gasteiger partial charge in [-0.15, -0.1) is 0 Å². The number of para-hydroxylation sites is 1. The van der Waals surface area contributed by atoms with Crippen LogP contribution in [-0.4, -0.2) is 42.4 Å². The summed E-state index contributed by atoms with van der Waals surface area (Å²) in [5, 5.41) is 1.20. The van der Waals surface area contributed by atoms with E-state index in [9.17, 15) is 9.59 Å². The molecule has 0 fully saturated rings. The van der Waals surface area contributed by atoms with E-state index in [1.54, 1.807) is 61.7 Å². The number of rotatable bonds is 8. The smallest absolute Gasteiger partial charge is 0.266 e. The first-order valence-electron chi connectivity index (χ1n) is 10.2. The number of halogens is 1. The van der Waals surface area contributed by atoms with Crippen LogP contribution in [0.1, 0.15) is 10.4 Å². The maximum atomic E-state index is 13.5. The van der Waals surface area contributed by atoms with Gasteiger partial charge in [-0.25, -0.2) is 4.98 Å². The third-order valence-electron chi connectivity index (χ3n) is 5.18.